The zero-order valence-electron chi connectivity index (χ0n) is 8.04. The summed E-state index contributed by atoms with van der Waals surface area (Å²) in [5.41, 5.74) is 7.71. The monoisotopic (exact) mass is 207 g/mol. The van der Waals surface area contributed by atoms with Crippen molar-refractivity contribution in [1.29, 1.82) is 0 Å². The Kier molecular flexibility index (Phi) is 1.71. The van der Waals surface area contributed by atoms with Crippen molar-refractivity contribution in [2.45, 2.75) is 30.7 Å². The predicted molar refractivity (Wildman–Crippen MR) is 58.4 cm³/mol. The summed E-state index contributed by atoms with van der Waals surface area (Å²) >= 11 is 6.23. The Balaban J connectivity index is 2.07. The van der Waals surface area contributed by atoms with Crippen molar-refractivity contribution in [2.24, 2.45) is 11.7 Å². The van der Waals surface area contributed by atoms with E-state index in [4.69, 9.17) is 17.3 Å². The molecule has 2 N–H and O–H groups in total. The van der Waals surface area contributed by atoms with E-state index in [0.29, 0.717) is 6.04 Å². The second kappa shape index (κ2) is 2.74. The van der Waals surface area contributed by atoms with Gasteiger partial charge in [0.2, 0.25) is 0 Å². The zero-order valence-corrected chi connectivity index (χ0v) is 8.80. The molecule has 0 spiro atoms. The minimum atomic E-state index is 0.225. The molecule has 3 atom stereocenters. The Morgan fingerprint density at radius 3 is 2.71 bits per heavy atom. The standard InChI is InChI=1S/C12H14ClN/c13-10-4-2-1-3-9(10)12-6-5-8(7-12)11(12)14/h1-4,8,11H,5-7,14H2. The number of benzene rings is 1. The Morgan fingerprint density at radius 1 is 1.36 bits per heavy atom. The summed E-state index contributed by atoms with van der Waals surface area (Å²) in [7, 11) is 0. The third-order valence-corrected chi connectivity index (χ3v) is 4.47. The average Bonchev–Trinajstić information content (AvgIpc) is 2.76. The van der Waals surface area contributed by atoms with Crippen LogP contribution in [0.15, 0.2) is 24.3 Å². The molecular formula is C12H14ClN. The van der Waals surface area contributed by atoms with E-state index in [-0.39, 0.29) is 5.41 Å². The van der Waals surface area contributed by atoms with Crippen molar-refractivity contribution in [1.82, 2.24) is 0 Å². The average molecular weight is 208 g/mol. The molecule has 4 rings (SSSR count). The number of halogens is 1. The summed E-state index contributed by atoms with van der Waals surface area (Å²) in [6, 6.07) is 8.52. The highest BCUT2D eigenvalue weighted by atomic mass is 35.5. The highest BCUT2D eigenvalue weighted by Gasteiger charge is 2.58. The third-order valence-electron chi connectivity index (χ3n) is 4.14. The second-order valence-electron chi connectivity index (χ2n) is 4.66. The normalized spacial score (nSPS) is 39.6. The molecule has 0 radical (unpaired) electrons. The molecule has 1 nitrogen and oxygen atoms in total. The molecule has 0 amide bonds. The van der Waals surface area contributed by atoms with E-state index >= 15 is 0 Å². The first kappa shape index (κ1) is 8.75. The smallest absolute Gasteiger partial charge is 0.0444 e. The van der Waals surface area contributed by atoms with Crippen LogP contribution in [-0.4, -0.2) is 6.04 Å². The molecule has 3 fully saturated rings. The number of hydrogen-bond donors (Lipinski definition) is 1. The lowest BCUT2D eigenvalue weighted by atomic mass is 9.61. The van der Waals surface area contributed by atoms with Gasteiger partial charge in [0.1, 0.15) is 0 Å². The number of fused-ring (bicyclic) bond motifs is 1. The summed E-state index contributed by atoms with van der Waals surface area (Å²) in [6.07, 6.45) is 3.76. The van der Waals surface area contributed by atoms with Gasteiger partial charge >= 0.3 is 0 Å². The van der Waals surface area contributed by atoms with Gasteiger partial charge in [-0.25, -0.2) is 0 Å². The molecule has 3 unspecified atom stereocenters. The predicted octanol–water partition coefficient (Wildman–Crippen LogP) is 2.72. The van der Waals surface area contributed by atoms with Gasteiger partial charge in [0, 0.05) is 16.5 Å². The van der Waals surface area contributed by atoms with Crippen molar-refractivity contribution in [2.75, 3.05) is 0 Å². The van der Waals surface area contributed by atoms with Gasteiger partial charge in [-0.3, -0.25) is 0 Å². The molecule has 2 bridgehead atoms. The maximum absolute atomic E-state index is 6.23. The van der Waals surface area contributed by atoms with Crippen LogP contribution >= 0.6 is 11.6 Å². The summed E-state index contributed by atoms with van der Waals surface area (Å²) in [6.45, 7) is 0. The van der Waals surface area contributed by atoms with E-state index in [2.05, 4.69) is 12.1 Å². The first-order valence-corrected chi connectivity index (χ1v) is 5.62. The largest absolute Gasteiger partial charge is 0.327 e. The fourth-order valence-corrected chi connectivity index (χ4v) is 3.63. The van der Waals surface area contributed by atoms with Gasteiger partial charge in [-0.05, 0) is 36.8 Å². The van der Waals surface area contributed by atoms with Gasteiger partial charge in [0.15, 0.2) is 0 Å². The van der Waals surface area contributed by atoms with Crippen LogP contribution in [-0.2, 0) is 5.41 Å². The van der Waals surface area contributed by atoms with E-state index in [1.807, 2.05) is 12.1 Å². The Labute approximate surface area is 89.3 Å². The quantitative estimate of drug-likeness (QED) is 0.753. The Bertz CT molecular complexity index is 372. The van der Waals surface area contributed by atoms with Crippen LogP contribution in [0.2, 0.25) is 5.02 Å². The fourth-order valence-electron chi connectivity index (χ4n) is 3.30. The lowest BCUT2D eigenvalue weighted by Gasteiger charge is -2.46. The van der Waals surface area contributed by atoms with Gasteiger partial charge in [-0.15, -0.1) is 0 Å². The molecule has 3 saturated carbocycles. The zero-order chi connectivity index (χ0) is 9.76. The van der Waals surface area contributed by atoms with Crippen molar-refractivity contribution in [3.05, 3.63) is 34.9 Å². The molecule has 0 saturated heterocycles. The Hall–Kier alpha value is -0.530. The minimum Gasteiger partial charge on any atom is -0.327 e. The highest BCUT2D eigenvalue weighted by Crippen LogP contribution is 2.59. The molecule has 3 aliphatic rings. The van der Waals surface area contributed by atoms with Crippen LogP contribution in [0.25, 0.3) is 0 Å². The fraction of sp³-hybridized carbons (Fsp3) is 0.500. The van der Waals surface area contributed by atoms with Crippen LogP contribution in [0.1, 0.15) is 24.8 Å². The molecule has 1 aromatic carbocycles. The van der Waals surface area contributed by atoms with Gasteiger partial charge in [0.05, 0.1) is 0 Å². The maximum atomic E-state index is 6.23. The van der Waals surface area contributed by atoms with Crippen molar-refractivity contribution >= 4 is 11.6 Å². The molecule has 0 heterocycles. The second-order valence-corrected chi connectivity index (χ2v) is 5.07. The SMILES string of the molecule is NC1C2CCC1(c1ccccc1Cl)C2. The molecule has 14 heavy (non-hydrogen) atoms. The van der Waals surface area contributed by atoms with Gasteiger partial charge in [-0.2, -0.15) is 0 Å². The van der Waals surface area contributed by atoms with E-state index in [1.54, 1.807) is 0 Å². The summed E-state index contributed by atoms with van der Waals surface area (Å²) in [5, 5.41) is 0.892. The Morgan fingerprint density at radius 2 is 2.14 bits per heavy atom. The van der Waals surface area contributed by atoms with Crippen LogP contribution in [0.4, 0.5) is 0 Å². The molecule has 1 aromatic rings. The van der Waals surface area contributed by atoms with Crippen molar-refractivity contribution in [3.63, 3.8) is 0 Å². The van der Waals surface area contributed by atoms with Crippen molar-refractivity contribution < 1.29 is 0 Å². The minimum absolute atomic E-state index is 0.225. The van der Waals surface area contributed by atoms with Crippen LogP contribution < -0.4 is 5.73 Å². The van der Waals surface area contributed by atoms with Gasteiger partial charge < -0.3 is 5.73 Å². The van der Waals surface area contributed by atoms with Gasteiger partial charge in [0.25, 0.3) is 0 Å². The van der Waals surface area contributed by atoms with E-state index < -0.39 is 0 Å². The van der Waals surface area contributed by atoms with Crippen LogP contribution in [0.3, 0.4) is 0 Å². The maximum Gasteiger partial charge on any atom is 0.0444 e. The van der Waals surface area contributed by atoms with Crippen LogP contribution in [0.5, 0.6) is 0 Å². The topological polar surface area (TPSA) is 26.0 Å². The lowest BCUT2D eigenvalue weighted by Crippen LogP contribution is -2.54. The lowest BCUT2D eigenvalue weighted by molar-refractivity contribution is 0.189. The van der Waals surface area contributed by atoms with Crippen LogP contribution in [0, 0.1) is 5.92 Å². The molecule has 2 heteroatoms. The number of rotatable bonds is 1. The van der Waals surface area contributed by atoms with Gasteiger partial charge in [-0.1, -0.05) is 29.8 Å². The van der Waals surface area contributed by atoms with E-state index in [9.17, 15) is 0 Å². The molecule has 0 aromatic heterocycles. The summed E-state index contributed by atoms with van der Waals surface area (Å²) in [5.74, 6) is 0.756. The number of nitrogens with two attached hydrogens (primary N) is 1. The first-order valence-electron chi connectivity index (χ1n) is 5.25. The summed E-state index contributed by atoms with van der Waals surface area (Å²) in [4.78, 5) is 0. The molecule has 3 aliphatic carbocycles. The molecule has 74 valence electrons. The van der Waals surface area contributed by atoms with E-state index in [1.165, 1.54) is 24.8 Å². The molecule has 0 aliphatic heterocycles. The first-order chi connectivity index (χ1) is 6.74. The summed E-state index contributed by atoms with van der Waals surface area (Å²) < 4.78 is 0. The van der Waals surface area contributed by atoms with Crippen molar-refractivity contribution in [3.8, 4) is 0 Å². The van der Waals surface area contributed by atoms with E-state index in [0.717, 1.165) is 10.9 Å². The third kappa shape index (κ3) is 0.896. The molecular weight excluding hydrogens is 194 g/mol. The number of hydrogen-bond acceptors (Lipinski definition) is 1. The highest BCUT2D eigenvalue weighted by molar-refractivity contribution is 6.31.